The Morgan fingerprint density at radius 3 is 1.53 bits per heavy atom. The molecule has 0 unspecified atom stereocenters. The first kappa shape index (κ1) is 9.77. The zero-order chi connectivity index (χ0) is 11.0. The Labute approximate surface area is 88.2 Å². The maximum atomic E-state index is 11.1. The van der Waals surface area contributed by atoms with E-state index in [2.05, 4.69) is 10.6 Å². The molecule has 6 amide bonds. The minimum absolute atomic E-state index is 0.124. The molecule has 2 fully saturated rings. The summed E-state index contributed by atoms with van der Waals surface area (Å²) in [6.45, 7) is -0.247. The van der Waals surface area contributed by atoms with Gasteiger partial charge in [-0.15, -0.1) is 0 Å². The van der Waals surface area contributed by atoms with Crippen LogP contribution in [0.4, 0.5) is 9.59 Å². The van der Waals surface area contributed by atoms with Crippen molar-refractivity contribution in [1.29, 1.82) is 0 Å². The van der Waals surface area contributed by atoms with Crippen molar-refractivity contribution in [2.75, 3.05) is 13.1 Å². The summed E-state index contributed by atoms with van der Waals surface area (Å²) in [5.41, 5.74) is 0. The number of nitrogens with one attached hydrogen (secondary N) is 2. The lowest BCUT2D eigenvalue weighted by Crippen LogP contribution is -2.30. The lowest BCUT2D eigenvalue weighted by Gasteiger charge is -2.17. The Balaban J connectivity index is 1.98. The van der Waals surface area contributed by atoms with E-state index in [-0.39, 0.29) is 13.1 Å². The molecule has 0 aromatic rings. The predicted octanol–water partition coefficient (Wildman–Crippen LogP) is -1.35. The topological polar surface area (TPSA) is 98.8 Å². The first-order valence-corrected chi connectivity index (χ1v) is 4.70. The third-order valence-corrected chi connectivity index (χ3v) is 2.70. The molecule has 2 aliphatic rings. The smallest absolute Gasteiger partial charge is 0.276 e. The van der Waals surface area contributed by atoms with Gasteiger partial charge in [0, 0.05) is 0 Å². The molecule has 0 aromatic carbocycles. The number of hydrogen-bond donors (Lipinski definition) is 2. The monoisotopic (exact) mass is 230 g/mol. The summed E-state index contributed by atoms with van der Waals surface area (Å²) in [6.07, 6.45) is 0. The lowest BCUT2D eigenvalue weighted by atomic mass is 10.7. The van der Waals surface area contributed by atoms with Gasteiger partial charge >= 0.3 is 12.1 Å². The van der Waals surface area contributed by atoms with Crippen LogP contribution in [-0.4, -0.2) is 45.6 Å². The van der Waals surface area contributed by atoms with Gasteiger partial charge < -0.3 is 0 Å². The number of carbonyl (C=O) groups excluding carboxylic acids is 4. The van der Waals surface area contributed by atoms with Crippen LogP contribution < -0.4 is 10.6 Å². The highest BCUT2D eigenvalue weighted by Gasteiger charge is 2.35. The Bertz CT molecular complexity index is 336. The molecule has 2 N–H and O–H groups in total. The summed E-state index contributed by atoms with van der Waals surface area (Å²) in [5.74, 6) is -0.864. The van der Waals surface area contributed by atoms with Gasteiger partial charge in [-0.2, -0.15) is 0 Å². The molecule has 0 saturated carbocycles. The van der Waals surface area contributed by atoms with Crippen LogP contribution in [0.15, 0.2) is 0 Å². The van der Waals surface area contributed by atoms with Gasteiger partial charge in [-0.05, 0) is 0 Å². The molecule has 2 saturated heterocycles. The van der Waals surface area contributed by atoms with Gasteiger partial charge in [-0.25, -0.2) is 18.2 Å². The van der Waals surface area contributed by atoms with Gasteiger partial charge in [0.05, 0.1) is 12.1 Å². The van der Waals surface area contributed by atoms with Crippen molar-refractivity contribution in [3.8, 4) is 0 Å². The van der Waals surface area contributed by atoms with Crippen LogP contribution in [0.2, 0.25) is 0 Å². The first-order valence-electron chi connectivity index (χ1n) is 3.97. The highest BCUT2D eigenvalue weighted by Crippen LogP contribution is 2.20. The molecule has 0 aromatic heterocycles. The second-order valence-corrected chi connectivity index (χ2v) is 3.91. The maximum absolute atomic E-state index is 11.1. The van der Waals surface area contributed by atoms with E-state index in [1.54, 1.807) is 0 Å². The van der Waals surface area contributed by atoms with E-state index in [1.165, 1.54) is 0 Å². The fourth-order valence-corrected chi connectivity index (χ4v) is 1.93. The van der Waals surface area contributed by atoms with Gasteiger partial charge in [0.2, 0.25) is 11.8 Å². The van der Waals surface area contributed by atoms with E-state index in [4.69, 9.17) is 0 Å². The minimum Gasteiger partial charge on any atom is -0.276 e. The molecular formula is C6H6N4O4S. The van der Waals surface area contributed by atoms with E-state index >= 15 is 0 Å². The van der Waals surface area contributed by atoms with E-state index in [1.807, 2.05) is 0 Å². The van der Waals surface area contributed by atoms with E-state index in [0.29, 0.717) is 0 Å². The fraction of sp³-hybridized carbons (Fsp3) is 0.333. The summed E-state index contributed by atoms with van der Waals surface area (Å²) in [7, 11) is 0. The molecule has 80 valence electrons. The first-order chi connectivity index (χ1) is 7.06. The average molecular weight is 230 g/mol. The van der Waals surface area contributed by atoms with Crippen molar-refractivity contribution in [1.82, 2.24) is 19.2 Å². The van der Waals surface area contributed by atoms with Gasteiger partial charge in [0.1, 0.15) is 13.1 Å². The van der Waals surface area contributed by atoms with Gasteiger partial charge in [0.25, 0.3) is 0 Å². The zero-order valence-electron chi connectivity index (χ0n) is 7.35. The third kappa shape index (κ3) is 1.86. The molecule has 2 aliphatic heterocycles. The number of carbonyl (C=O) groups is 4. The number of rotatable bonds is 2. The number of nitrogens with zero attached hydrogens (tertiary/aromatic N) is 2. The Morgan fingerprint density at radius 1 is 0.867 bits per heavy atom. The quantitative estimate of drug-likeness (QED) is 0.451. The van der Waals surface area contributed by atoms with E-state index in [9.17, 15) is 19.2 Å². The highest BCUT2D eigenvalue weighted by molar-refractivity contribution is 7.95. The lowest BCUT2D eigenvalue weighted by molar-refractivity contribution is -0.118. The number of urea groups is 2. The fourth-order valence-electron chi connectivity index (χ4n) is 1.10. The summed E-state index contributed by atoms with van der Waals surface area (Å²) in [4.78, 5) is 43.8. The summed E-state index contributed by atoms with van der Waals surface area (Å²) >= 11 is 0.739. The standard InChI is InChI=1S/C6H6N4O4S/c11-3-1-9(5(13)7-3)15-10-2-4(12)8-6(10)14/h1-2H2,(H,7,11,13)(H,8,12,14). The van der Waals surface area contributed by atoms with Gasteiger partial charge in [-0.1, -0.05) is 0 Å². The molecule has 8 nitrogen and oxygen atoms in total. The molecule has 9 heteroatoms. The summed E-state index contributed by atoms with van der Waals surface area (Å²) in [6, 6.07) is -1.17. The largest absolute Gasteiger partial charge is 0.335 e. The van der Waals surface area contributed by atoms with Crippen LogP contribution in [0.3, 0.4) is 0 Å². The molecule has 2 heterocycles. The second kappa shape index (κ2) is 3.42. The minimum atomic E-state index is -0.586. The number of hydrogen-bond acceptors (Lipinski definition) is 5. The zero-order valence-corrected chi connectivity index (χ0v) is 8.17. The molecule has 0 aliphatic carbocycles. The average Bonchev–Trinajstić information content (AvgIpc) is 2.58. The van der Waals surface area contributed by atoms with E-state index < -0.39 is 23.9 Å². The molecular weight excluding hydrogens is 224 g/mol. The van der Waals surface area contributed by atoms with Gasteiger partial charge in [-0.3, -0.25) is 20.2 Å². The van der Waals surface area contributed by atoms with Crippen LogP contribution in [0, 0.1) is 0 Å². The van der Waals surface area contributed by atoms with Crippen LogP contribution in [0.5, 0.6) is 0 Å². The van der Waals surface area contributed by atoms with Crippen LogP contribution in [-0.2, 0) is 9.59 Å². The molecule has 0 atom stereocenters. The molecule has 0 bridgehead atoms. The second-order valence-electron chi connectivity index (χ2n) is 2.86. The molecule has 0 spiro atoms. The van der Waals surface area contributed by atoms with Crippen LogP contribution in [0.25, 0.3) is 0 Å². The molecule has 15 heavy (non-hydrogen) atoms. The molecule has 2 rings (SSSR count). The molecule has 0 radical (unpaired) electrons. The van der Waals surface area contributed by atoms with Crippen molar-refractivity contribution in [3.05, 3.63) is 0 Å². The van der Waals surface area contributed by atoms with Crippen molar-refractivity contribution < 1.29 is 19.2 Å². The van der Waals surface area contributed by atoms with Crippen molar-refractivity contribution in [3.63, 3.8) is 0 Å². The highest BCUT2D eigenvalue weighted by atomic mass is 32.2. The Morgan fingerprint density at radius 2 is 1.27 bits per heavy atom. The SMILES string of the molecule is O=C1CN(SN2CC(=O)NC2=O)C(=O)N1. The maximum Gasteiger partial charge on any atom is 0.335 e. The Hall–Kier alpha value is -1.77. The summed E-state index contributed by atoms with van der Waals surface area (Å²) in [5, 5.41) is 4.10. The predicted molar refractivity (Wildman–Crippen MR) is 48.1 cm³/mol. The number of imide groups is 2. The third-order valence-electron chi connectivity index (χ3n) is 1.72. The van der Waals surface area contributed by atoms with Crippen molar-refractivity contribution in [2.45, 2.75) is 0 Å². The van der Waals surface area contributed by atoms with Crippen molar-refractivity contribution in [2.24, 2.45) is 0 Å². The Kier molecular flexibility index (Phi) is 2.23. The van der Waals surface area contributed by atoms with E-state index in [0.717, 1.165) is 20.7 Å². The number of amides is 6. The normalized spacial score (nSPS) is 21.1. The summed E-state index contributed by atoms with van der Waals surface area (Å²) < 4.78 is 2.14. The van der Waals surface area contributed by atoms with Crippen LogP contribution in [0.1, 0.15) is 0 Å². The van der Waals surface area contributed by atoms with Crippen molar-refractivity contribution >= 4 is 36.0 Å². The van der Waals surface area contributed by atoms with Gasteiger partial charge in [0.15, 0.2) is 0 Å². The van der Waals surface area contributed by atoms with Crippen LogP contribution >= 0.6 is 12.1 Å².